The lowest BCUT2D eigenvalue weighted by Gasteiger charge is -2.34. The lowest BCUT2D eigenvalue weighted by atomic mass is 9.75. The largest absolute Gasteiger partial charge is 0.496 e. The Balaban J connectivity index is 1.50. The topological polar surface area (TPSA) is 140 Å². The zero-order valence-electron chi connectivity index (χ0n) is 23.5. The van der Waals surface area contributed by atoms with Gasteiger partial charge in [0, 0.05) is 23.7 Å². The molecule has 0 aliphatic heterocycles. The van der Waals surface area contributed by atoms with Gasteiger partial charge >= 0.3 is 5.97 Å². The van der Waals surface area contributed by atoms with Crippen LogP contribution in [0.2, 0.25) is 0 Å². The third-order valence-corrected chi connectivity index (χ3v) is 9.34. The van der Waals surface area contributed by atoms with Gasteiger partial charge in [-0.3, -0.25) is 14.4 Å². The van der Waals surface area contributed by atoms with Crippen molar-refractivity contribution >= 4 is 17.8 Å². The second-order valence-corrected chi connectivity index (χ2v) is 12.6. The summed E-state index contributed by atoms with van der Waals surface area (Å²) in [7, 11) is 1.36. The first-order valence-electron chi connectivity index (χ1n) is 13.9. The predicted molar refractivity (Wildman–Crippen MR) is 143 cm³/mol. The maximum absolute atomic E-state index is 14.9. The van der Waals surface area contributed by atoms with Gasteiger partial charge in [-0.15, -0.1) is 0 Å². The lowest BCUT2D eigenvalue weighted by Crippen LogP contribution is -2.57. The highest BCUT2D eigenvalue weighted by atomic mass is 19.1. The summed E-state index contributed by atoms with van der Waals surface area (Å²) in [4.78, 5) is 38.4. The first kappa shape index (κ1) is 29.1. The molecule has 3 aliphatic carbocycles. The van der Waals surface area contributed by atoms with E-state index in [1.54, 1.807) is 6.92 Å². The summed E-state index contributed by atoms with van der Waals surface area (Å²) >= 11 is 0. The summed E-state index contributed by atoms with van der Waals surface area (Å²) in [6.45, 7) is 7.30. The number of carbonyl (C=O) groups is 3. The molecular weight excluding hydrogens is 505 g/mol. The fourth-order valence-corrected chi connectivity index (χ4v) is 6.31. The smallest absolute Gasteiger partial charge is 0.309 e. The van der Waals surface area contributed by atoms with E-state index in [1.165, 1.54) is 13.2 Å². The van der Waals surface area contributed by atoms with Gasteiger partial charge < -0.3 is 30.9 Å². The second-order valence-electron chi connectivity index (χ2n) is 12.6. The summed E-state index contributed by atoms with van der Waals surface area (Å²) in [5, 5.41) is 15.6. The molecule has 3 aliphatic rings. The number of nitrogens with one attached hydrogen (secondary N) is 2. The Hall–Kier alpha value is -2.88. The van der Waals surface area contributed by atoms with E-state index in [2.05, 4.69) is 10.6 Å². The summed E-state index contributed by atoms with van der Waals surface area (Å²) in [5.41, 5.74) is 4.90. The number of rotatable bonds is 9. The van der Waals surface area contributed by atoms with Crippen molar-refractivity contribution in [2.45, 2.75) is 96.4 Å². The Morgan fingerprint density at radius 1 is 1.13 bits per heavy atom. The fraction of sp³-hybridized carbons (Fsp3) is 0.690. The number of benzene rings is 1. The van der Waals surface area contributed by atoms with Gasteiger partial charge in [-0.1, -0.05) is 0 Å². The Morgan fingerprint density at radius 2 is 1.77 bits per heavy atom. The number of fused-ring (bicyclic) bond motifs is 2. The van der Waals surface area contributed by atoms with Gasteiger partial charge in [0.1, 0.15) is 5.75 Å². The molecule has 0 spiro atoms. The summed E-state index contributed by atoms with van der Waals surface area (Å²) < 4.78 is 26.2. The minimum Gasteiger partial charge on any atom is -0.496 e. The molecule has 9 nitrogen and oxygen atoms in total. The van der Waals surface area contributed by atoms with Crippen molar-refractivity contribution in [2.24, 2.45) is 28.9 Å². The van der Waals surface area contributed by atoms with Crippen LogP contribution in [0.25, 0.3) is 0 Å². The number of amides is 2. The van der Waals surface area contributed by atoms with Gasteiger partial charge in [0.15, 0.2) is 11.6 Å². The number of carboxylic acid groups (broad SMARTS) is 1. The van der Waals surface area contributed by atoms with Crippen molar-refractivity contribution in [2.75, 3.05) is 7.11 Å². The minimum atomic E-state index is -0.843. The van der Waals surface area contributed by atoms with Crippen molar-refractivity contribution < 1.29 is 33.4 Å². The Labute approximate surface area is 229 Å². The molecule has 0 aromatic heterocycles. The molecule has 216 valence electrons. The van der Waals surface area contributed by atoms with E-state index < -0.39 is 28.6 Å². The second kappa shape index (κ2) is 10.9. The number of nitrogens with two attached hydrogens (primary N) is 1. The molecule has 39 heavy (non-hydrogen) atoms. The Bertz CT molecular complexity index is 1110. The third-order valence-electron chi connectivity index (χ3n) is 9.34. The number of hydrogen-bond acceptors (Lipinski definition) is 6. The van der Waals surface area contributed by atoms with Crippen LogP contribution in [0.3, 0.4) is 0 Å². The SMILES string of the molecule is COc1cc(F)c(OC2CCC(C)(C(=O)O)CC2)cc1C(=O)N[C@@H]1[C@H]2CC[C@H](C2)[C@@H]1C(=O)N[C@H](C)C(C)(C)N. The molecule has 10 heteroatoms. The number of halogens is 1. The van der Waals surface area contributed by atoms with Crippen LogP contribution in [0.4, 0.5) is 4.39 Å². The summed E-state index contributed by atoms with van der Waals surface area (Å²) in [5.74, 6) is -2.08. The van der Waals surface area contributed by atoms with Crippen LogP contribution in [0.5, 0.6) is 11.5 Å². The van der Waals surface area contributed by atoms with Gasteiger partial charge in [-0.2, -0.15) is 0 Å². The molecule has 5 N–H and O–H groups in total. The van der Waals surface area contributed by atoms with Crippen LogP contribution >= 0.6 is 0 Å². The van der Waals surface area contributed by atoms with E-state index in [0.717, 1.165) is 25.3 Å². The van der Waals surface area contributed by atoms with E-state index >= 15 is 0 Å². The molecule has 0 heterocycles. The number of methoxy groups -OCH3 is 1. The molecule has 0 radical (unpaired) electrons. The van der Waals surface area contributed by atoms with E-state index in [4.69, 9.17) is 15.2 Å². The van der Waals surface area contributed by atoms with E-state index in [0.29, 0.717) is 25.7 Å². The zero-order valence-corrected chi connectivity index (χ0v) is 23.5. The summed E-state index contributed by atoms with van der Waals surface area (Å²) in [6.07, 6.45) is 4.17. The molecule has 0 unspecified atom stereocenters. The molecule has 2 amide bonds. The van der Waals surface area contributed by atoms with Crippen LogP contribution < -0.4 is 25.8 Å². The summed E-state index contributed by atoms with van der Waals surface area (Å²) in [6, 6.07) is 1.88. The molecule has 1 aromatic carbocycles. The highest BCUT2D eigenvalue weighted by Gasteiger charge is 2.52. The Kier molecular flexibility index (Phi) is 8.17. The number of carboxylic acids is 1. The molecular formula is C29H42FN3O6. The van der Waals surface area contributed by atoms with Crippen molar-refractivity contribution in [3.05, 3.63) is 23.5 Å². The van der Waals surface area contributed by atoms with Crippen molar-refractivity contribution in [3.8, 4) is 11.5 Å². The standard InChI is InChI=1S/C29H42FN3O6/c1-15(28(2,3)31)32-26(35)23-16-6-7-17(12-16)24(23)33-25(34)19-13-22(20(30)14-21(19)38-5)39-18-8-10-29(4,11-9-18)27(36)37/h13-18,23-24H,6-12,31H2,1-5H3,(H,32,35)(H,33,34)(H,36,37)/t15-,16-,17+,18?,23+,24-,29?/m1/s1. The molecule has 1 aromatic rings. The van der Waals surface area contributed by atoms with Crippen molar-refractivity contribution in [1.29, 1.82) is 0 Å². The molecule has 5 atom stereocenters. The third kappa shape index (κ3) is 6.00. The Morgan fingerprint density at radius 3 is 2.36 bits per heavy atom. The van der Waals surface area contributed by atoms with Gasteiger partial charge in [0.05, 0.1) is 30.1 Å². The van der Waals surface area contributed by atoms with Gasteiger partial charge in [-0.25, -0.2) is 4.39 Å². The van der Waals surface area contributed by atoms with Crippen LogP contribution in [0, 0.1) is 29.0 Å². The minimum absolute atomic E-state index is 0.0714. The number of carbonyl (C=O) groups excluding carboxylic acids is 2. The van der Waals surface area contributed by atoms with Crippen molar-refractivity contribution in [3.63, 3.8) is 0 Å². The highest BCUT2D eigenvalue weighted by Crippen LogP contribution is 2.49. The van der Waals surface area contributed by atoms with Crippen LogP contribution in [-0.2, 0) is 9.59 Å². The van der Waals surface area contributed by atoms with Crippen molar-refractivity contribution in [1.82, 2.24) is 10.6 Å². The van der Waals surface area contributed by atoms with E-state index in [1.807, 2.05) is 20.8 Å². The van der Waals surface area contributed by atoms with Gasteiger partial charge in [-0.05, 0) is 90.5 Å². The van der Waals surface area contributed by atoms with E-state index in [9.17, 15) is 23.9 Å². The van der Waals surface area contributed by atoms with Gasteiger partial charge in [0.2, 0.25) is 5.91 Å². The fourth-order valence-electron chi connectivity index (χ4n) is 6.31. The zero-order chi connectivity index (χ0) is 28.7. The molecule has 3 saturated carbocycles. The highest BCUT2D eigenvalue weighted by molar-refractivity contribution is 5.98. The van der Waals surface area contributed by atoms with Crippen LogP contribution in [0.15, 0.2) is 12.1 Å². The van der Waals surface area contributed by atoms with Crippen LogP contribution in [0.1, 0.15) is 83.0 Å². The average Bonchev–Trinajstić information content (AvgIpc) is 3.47. The molecule has 2 bridgehead atoms. The normalized spacial score (nSPS) is 30.9. The maximum Gasteiger partial charge on any atom is 0.309 e. The van der Waals surface area contributed by atoms with Crippen LogP contribution in [-0.4, -0.2) is 53.7 Å². The number of hydrogen-bond donors (Lipinski definition) is 4. The quantitative estimate of drug-likeness (QED) is 0.370. The lowest BCUT2D eigenvalue weighted by molar-refractivity contribution is -0.150. The van der Waals surface area contributed by atoms with Gasteiger partial charge in [0.25, 0.3) is 5.91 Å². The first-order chi connectivity index (χ1) is 18.2. The number of ether oxygens (including phenoxy) is 2. The molecule has 0 saturated heterocycles. The molecule has 3 fully saturated rings. The first-order valence-corrected chi connectivity index (χ1v) is 13.9. The monoisotopic (exact) mass is 547 g/mol. The predicted octanol–water partition coefficient (Wildman–Crippen LogP) is 3.63. The average molecular weight is 548 g/mol. The molecule has 4 rings (SSSR count). The number of aliphatic carboxylic acids is 1. The van der Waals surface area contributed by atoms with E-state index in [-0.39, 0.29) is 58.9 Å². The maximum atomic E-state index is 14.9.